The minimum absolute atomic E-state index is 0.0749. The molecule has 1 fully saturated rings. The molecule has 0 saturated carbocycles. The number of carboxylic acid groups (broad SMARTS) is 2. The lowest BCUT2D eigenvalue weighted by Crippen LogP contribution is -2.49. The highest BCUT2D eigenvalue weighted by Gasteiger charge is 2.39. The zero-order valence-corrected chi connectivity index (χ0v) is 9.46. The molecule has 1 rings (SSSR count). The fourth-order valence-corrected chi connectivity index (χ4v) is 1.94. The number of amides is 1. The molecule has 0 aromatic rings. The number of carbonyl (C=O) groups is 3. The van der Waals surface area contributed by atoms with Crippen molar-refractivity contribution in [1.82, 2.24) is 4.90 Å². The monoisotopic (exact) mass is 245 g/mol. The molecule has 2 unspecified atom stereocenters. The lowest BCUT2D eigenvalue weighted by Gasteiger charge is -2.34. The first kappa shape index (κ1) is 13.4. The SMILES string of the molecule is COCC(=O)N1CCC(C(=O)O)C(C(=O)O)C1. The number of nitrogens with zero attached hydrogens (tertiary/aromatic N) is 1. The van der Waals surface area contributed by atoms with Crippen LogP contribution >= 0.6 is 0 Å². The summed E-state index contributed by atoms with van der Waals surface area (Å²) in [6.45, 7) is 0.0571. The molecule has 0 aromatic carbocycles. The maximum atomic E-state index is 11.5. The number of carbonyl (C=O) groups excluding carboxylic acids is 1. The van der Waals surface area contributed by atoms with E-state index in [1.54, 1.807) is 0 Å². The number of hydrogen-bond acceptors (Lipinski definition) is 4. The van der Waals surface area contributed by atoms with E-state index in [9.17, 15) is 14.4 Å². The largest absolute Gasteiger partial charge is 0.481 e. The zero-order chi connectivity index (χ0) is 13.0. The number of methoxy groups -OCH3 is 1. The fraction of sp³-hybridized carbons (Fsp3) is 0.700. The molecule has 0 spiro atoms. The standard InChI is InChI=1S/C10H15NO6/c1-17-5-8(12)11-3-2-6(9(13)14)7(4-11)10(15)16/h6-7H,2-5H2,1H3,(H,13,14)(H,15,16). The predicted octanol–water partition coefficient (Wildman–Crippen LogP) is -0.733. The molecule has 0 bridgehead atoms. The summed E-state index contributed by atoms with van der Waals surface area (Å²) in [6, 6.07) is 0. The number of aliphatic carboxylic acids is 2. The number of likely N-dealkylation sites (tertiary alicyclic amines) is 1. The number of rotatable bonds is 4. The molecular weight excluding hydrogens is 230 g/mol. The van der Waals surface area contributed by atoms with Crippen LogP contribution < -0.4 is 0 Å². The van der Waals surface area contributed by atoms with Crippen molar-refractivity contribution in [3.8, 4) is 0 Å². The second-order valence-electron chi connectivity index (χ2n) is 3.95. The van der Waals surface area contributed by atoms with Gasteiger partial charge in [-0.25, -0.2) is 0 Å². The molecule has 1 aliphatic rings. The first-order valence-electron chi connectivity index (χ1n) is 5.19. The van der Waals surface area contributed by atoms with E-state index in [1.807, 2.05) is 0 Å². The summed E-state index contributed by atoms with van der Waals surface area (Å²) in [5.74, 6) is -4.62. The smallest absolute Gasteiger partial charge is 0.309 e. The van der Waals surface area contributed by atoms with Crippen LogP contribution in [0.25, 0.3) is 0 Å². The zero-order valence-electron chi connectivity index (χ0n) is 9.46. The Labute approximate surface area is 98.0 Å². The first-order chi connectivity index (χ1) is 7.97. The van der Waals surface area contributed by atoms with Gasteiger partial charge in [-0.05, 0) is 6.42 Å². The van der Waals surface area contributed by atoms with Gasteiger partial charge in [-0.15, -0.1) is 0 Å². The second kappa shape index (κ2) is 5.62. The van der Waals surface area contributed by atoms with Gasteiger partial charge in [0, 0.05) is 20.2 Å². The Balaban J connectivity index is 2.72. The van der Waals surface area contributed by atoms with Gasteiger partial charge in [-0.1, -0.05) is 0 Å². The van der Waals surface area contributed by atoms with E-state index in [-0.39, 0.29) is 32.0 Å². The summed E-state index contributed by atoms with van der Waals surface area (Å²) in [5.41, 5.74) is 0. The summed E-state index contributed by atoms with van der Waals surface area (Å²) in [7, 11) is 1.37. The Bertz CT molecular complexity index is 329. The van der Waals surface area contributed by atoms with E-state index >= 15 is 0 Å². The average molecular weight is 245 g/mol. The molecule has 0 aromatic heterocycles. The van der Waals surface area contributed by atoms with Gasteiger partial charge in [0.15, 0.2) is 0 Å². The fourth-order valence-electron chi connectivity index (χ4n) is 1.94. The predicted molar refractivity (Wildman–Crippen MR) is 55.3 cm³/mol. The number of carboxylic acids is 2. The molecule has 1 saturated heterocycles. The van der Waals surface area contributed by atoms with Gasteiger partial charge in [0.05, 0.1) is 11.8 Å². The minimum Gasteiger partial charge on any atom is -0.481 e. The van der Waals surface area contributed by atoms with E-state index in [0.717, 1.165) is 0 Å². The number of ether oxygens (including phenoxy) is 1. The van der Waals surface area contributed by atoms with Crippen LogP contribution in [0.4, 0.5) is 0 Å². The maximum Gasteiger partial charge on any atom is 0.309 e. The Morgan fingerprint density at radius 3 is 2.29 bits per heavy atom. The Morgan fingerprint density at radius 2 is 1.82 bits per heavy atom. The second-order valence-corrected chi connectivity index (χ2v) is 3.95. The normalized spacial score (nSPS) is 24.4. The molecule has 2 atom stereocenters. The van der Waals surface area contributed by atoms with Crippen LogP contribution in [0.5, 0.6) is 0 Å². The lowest BCUT2D eigenvalue weighted by molar-refractivity contribution is -0.159. The van der Waals surface area contributed by atoms with Gasteiger partial charge in [0.1, 0.15) is 6.61 Å². The van der Waals surface area contributed by atoms with Crippen molar-refractivity contribution in [2.45, 2.75) is 6.42 Å². The van der Waals surface area contributed by atoms with Crippen molar-refractivity contribution < 1.29 is 29.3 Å². The molecule has 1 heterocycles. The van der Waals surface area contributed by atoms with E-state index in [1.165, 1.54) is 12.0 Å². The highest BCUT2D eigenvalue weighted by molar-refractivity contribution is 5.83. The lowest BCUT2D eigenvalue weighted by atomic mass is 9.85. The van der Waals surface area contributed by atoms with Crippen molar-refractivity contribution in [3.63, 3.8) is 0 Å². The van der Waals surface area contributed by atoms with Gasteiger partial charge >= 0.3 is 11.9 Å². The highest BCUT2D eigenvalue weighted by atomic mass is 16.5. The molecule has 0 aliphatic carbocycles. The van der Waals surface area contributed by atoms with E-state index in [0.29, 0.717) is 0 Å². The van der Waals surface area contributed by atoms with Gasteiger partial charge in [0.2, 0.25) is 5.91 Å². The van der Waals surface area contributed by atoms with Crippen LogP contribution in [-0.2, 0) is 19.1 Å². The van der Waals surface area contributed by atoms with Crippen molar-refractivity contribution in [3.05, 3.63) is 0 Å². The molecule has 7 heteroatoms. The summed E-state index contributed by atoms with van der Waals surface area (Å²) in [6.07, 6.45) is 0.155. The summed E-state index contributed by atoms with van der Waals surface area (Å²) < 4.78 is 4.67. The van der Waals surface area contributed by atoms with Crippen LogP contribution in [-0.4, -0.2) is 59.8 Å². The summed E-state index contributed by atoms with van der Waals surface area (Å²) >= 11 is 0. The van der Waals surface area contributed by atoms with E-state index in [4.69, 9.17) is 10.2 Å². The van der Waals surface area contributed by atoms with Crippen molar-refractivity contribution in [1.29, 1.82) is 0 Å². The molecule has 1 amide bonds. The molecule has 0 radical (unpaired) electrons. The summed E-state index contributed by atoms with van der Waals surface area (Å²) in [4.78, 5) is 34.7. The minimum atomic E-state index is -1.19. The Morgan fingerprint density at radius 1 is 1.24 bits per heavy atom. The van der Waals surface area contributed by atoms with Crippen LogP contribution in [0.15, 0.2) is 0 Å². The number of hydrogen-bond donors (Lipinski definition) is 2. The third-order valence-corrected chi connectivity index (χ3v) is 2.87. The molecule has 1 aliphatic heterocycles. The Hall–Kier alpha value is -1.63. The van der Waals surface area contributed by atoms with Gasteiger partial charge in [-0.3, -0.25) is 14.4 Å². The number of piperidine rings is 1. The quantitative estimate of drug-likeness (QED) is 0.676. The van der Waals surface area contributed by atoms with Crippen LogP contribution in [0.3, 0.4) is 0 Å². The summed E-state index contributed by atoms with van der Waals surface area (Å²) in [5, 5.41) is 17.8. The van der Waals surface area contributed by atoms with E-state index < -0.39 is 23.8 Å². The Kier molecular flexibility index (Phi) is 4.45. The average Bonchev–Trinajstić information content (AvgIpc) is 2.28. The van der Waals surface area contributed by atoms with Crippen LogP contribution in [0.1, 0.15) is 6.42 Å². The molecule has 96 valence electrons. The first-order valence-corrected chi connectivity index (χ1v) is 5.19. The molecular formula is C10H15NO6. The van der Waals surface area contributed by atoms with Gasteiger partial charge in [0.25, 0.3) is 0 Å². The van der Waals surface area contributed by atoms with Gasteiger partial charge in [-0.2, -0.15) is 0 Å². The van der Waals surface area contributed by atoms with Crippen molar-refractivity contribution in [2.24, 2.45) is 11.8 Å². The van der Waals surface area contributed by atoms with Crippen molar-refractivity contribution >= 4 is 17.8 Å². The van der Waals surface area contributed by atoms with E-state index in [2.05, 4.69) is 4.74 Å². The third-order valence-electron chi connectivity index (χ3n) is 2.87. The maximum absolute atomic E-state index is 11.5. The third kappa shape index (κ3) is 3.16. The van der Waals surface area contributed by atoms with Crippen LogP contribution in [0, 0.1) is 11.8 Å². The highest BCUT2D eigenvalue weighted by Crippen LogP contribution is 2.24. The topological polar surface area (TPSA) is 104 Å². The molecule has 2 N–H and O–H groups in total. The molecule has 7 nitrogen and oxygen atoms in total. The molecule has 17 heavy (non-hydrogen) atoms. The van der Waals surface area contributed by atoms with Crippen LogP contribution in [0.2, 0.25) is 0 Å². The van der Waals surface area contributed by atoms with Crippen molar-refractivity contribution in [2.75, 3.05) is 26.8 Å². The van der Waals surface area contributed by atoms with Gasteiger partial charge < -0.3 is 19.8 Å².